The van der Waals surface area contributed by atoms with Gasteiger partial charge < -0.3 is 5.32 Å². The highest BCUT2D eigenvalue weighted by Gasteiger charge is 2.17. The monoisotopic (exact) mass is 504 g/mol. The van der Waals surface area contributed by atoms with E-state index in [-0.39, 0.29) is 17.4 Å². The van der Waals surface area contributed by atoms with E-state index < -0.39 is 0 Å². The molecule has 0 aliphatic heterocycles. The Morgan fingerprint density at radius 2 is 1.79 bits per heavy atom. The molecule has 1 N–H and O–H groups in total. The minimum Gasteiger partial charge on any atom is -0.356 e. The van der Waals surface area contributed by atoms with Crippen LogP contribution < -0.4 is 5.32 Å². The van der Waals surface area contributed by atoms with Crippen LogP contribution >= 0.6 is 35.0 Å². The predicted molar refractivity (Wildman–Crippen MR) is 134 cm³/mol. The van der Waals surface area contributed by atoms with Gasteiger partial charge in [-0.2, -0.15) is 0 Å². The number of carbonyl (C=O) groups excluding carboxylic acids is 2. The summed E-state index contributed by atoms with van der Waals surface area (Å²) >= 11 is 13.6. The maximum absolute atomic E-state index is 12.8. The average molecular weight is 505 g/mol. The number of hydrogen-bond acceptors (Lipinski definition) is 5. The molecule has 0 unspecified atom stereocenters. The molecule has 0 radical (unpaired) electrons. The third-order valence-electron chi connectivity index (χ3n) is 4.84. The van der Waals surface area contributed by atoms with Gasteiger partial charge in [0.05, 0.1) is 21.5 Å². The molecule has 0 aliphatic carbocycles. The maximum atomic E-state index is 12.8. The van der Waals surface area contributed by atoms with Crippen molar-refractivity contribution in [2.24, 2.45) is 5.92 Å². The first-order valence-corrected chi connectivity index (χ1v) is 12.4. The lowest BCUT2D eigenvalue weighted by Gasteiger charge is -2.11. The van der Waals surface area contributed by atoms with E-state index in [9.17, 15) is 9.59 Å². The summed E-state index contributed by atoms with van der Waals surface area (Å²) in [6.07, 6.45) is 1.45. The molecule has 3 aromatic rings. The van der Waals surface area contributed by atoms with Gasteiger partial charge in [0.2, 0.25) is 5.91 Å². The lowest BCUT2D eigenvalue weighted by atomic mass is 10.0. The quantitative estimate of drug-likeness (QED) is 0.294. The van der Waals surface area contributed by atoms with E-state index in [2.05, 4.69) is 29.4 Å². The number of hydrogen-bond donors (Lipinski definition) is 1. The van der Waals surface area contributed by atoms with Crippen LogP contribution in [0.15, 0.2) is 47.6 Å². The SMILES string of the molecule is CC(=O)NCCc1nnc(SCC(=O)c2ccc(CC(C)C)cc2)n1-c1ccc(Cl)c(Cl)c1. The van der Waals surface area contributed by atoms with Crippen LogP contribution in [0.4, 0.5) is 0 Å². The van der Waals surface area contributed by atoms with Crippen molar-refractivity contribution in [1.29, 1.82) is 0 Å². The van der Waals surface area contributed by atoms with Gasteiger partial charge in [-0.05, 0) is 36.1 Å². The largest absolute Gasteiger partial charge is 0.356 e. The van der Waals surface area contributed by atoms with Crippen molar-refractivity contribution < 1.29 is 9.59 Å². The molecule has 2 aromatic carbocycles. The Morgan fingerprint density at radius 1 is 1.06 bits per heavy atom. The van der Waals surface area contributed by atoms with Gasteiger partial charge >= 0.3 is 0 Å². The highest BCUT2D eigenvalue weighted by molar-refractivity contribution is 7.99. The van der Waals surface area contributed by atoms with Gasteiger partial charge in [0.25, 0.3) is 0 Å². The number of amides is 1. The molecular weight excluding hydrogens is 479 g/mol. The van der Waals surface area contributed by atoms with Crippen molar-refractivity contribution in [2.75, 3.05) is 12.3 Å². The number of aromatic nitrogens is 3. The van der Waals surface area contributed by atoms with E-state index in [1.54, 1.807) is 12.1 Å². The molecule has 0 fully saturated rings. The number of ketones is 1. The summed E-state index contributed by atoms with van der Waals surface area (Å²) in [5.74, 6) is 1.33. The Hall–Kier alpha value is -2.35. The van der Waals surface area contributed by atoms with Crippen molar-refractivity contribution >= 4 is 46.7 Å². The molecule has 174 valence electrons. The van der Waals surface area contributed by atoms with Crippen molar-refractivity contribution in [3.8, 4) is 5.69 Å². The number of halogens is 2. The number of carbonyl (C=O) groups is 2. The Bertz CT molecular complexity index is 1130. The van der Waals surface area contributed by atoms with E-state index in [1.807, 2.05) is 34.9 Å². The van der Waals surface area contributed by atoms with Crippen LogP contribution in [0.2, 0.25) is 10.0 Å². The minimum atomic E-state index is -0.116. The second-order valence-corrected chi connectivity index (χ2v) is 9.83. The molecule has 9 heteroatoms. The van der Waals surface area contributed by atoms with E-state index in [0.29, 0.717) is 45.5 Å². The molecule has 0 bridgehead atoms. The molecule has 0 saturated heterocycles. The Labute approximate surface area is 208 Å². The number of benzene rings is 2. The van der Waals surface area contributed by atoms with Crippen LogP contribution in [0.5, 0.6) is 0 Å². The van der Waals surface area contributed by atoms with Crippen LogP contribution in [0, 0.1) is 5.92 Å². The standard InChI is InChI=1S/C24H26Cl2N4O2S/c1-15(2)12-17-4-6-18(7-5-17)22(32)14-33-24-29-28-23(10-11-27-16(3)31)30(24)19-8-9-20(25)21(26)13-19/h4-9,13,15H,10-12,14H2,1-3H3,(H,27,31). The lowest BCUT2D eigenvalue weighted by Crippen LogP contribution is -2.23. The van der Waals surface area contributed by atoms with Gasteiger partial charge in [0.15, 0.2) is 10.9 Å². The van der Waals surface area contributed by atoms with Crippen molar-refractivity contribution in [3.63, 3.8) is 0 Å². The van der Waals surface area contributed by atoms with Crippen LogP contribution in [0.1, 0.15) is 42.5 Å². The summed E-state index contributed by atoms with van der Waals surface area (Å²) in [6.45, 7) is 6.22. The van der Waals surface area contributed by atoms with Gasteiger partial charge in [-0.25, -0.2) is 0 Å². The van der Waals surface area contributed by atoms with Crippen LogP contribution in [-0.4, -0.2) is 38.8 Å². The molecule has 1 aromatic heterocycles. The number of thioether (sulfide) groups is 1. The Balaban J connectivity index is 1.78. The molecule has 6 nitrogen and oxygen atoms in total. The van der Waals surface area contributed by atoms with Gasteiger partial charge in [-0.3, -0.25) is 14.2 Å². The molecule has 0 aliphatic rings. The highest BCUT2D eigenvalue weighted by Crippen LogP contribution is 2.28. The molecule has 0 spiro atoms. The lowest BCUT2D eigenvalue weighted by molar-refractivity contribution is -0.118. The summed E-state index contributed by atoms with van der Waals surface area (Å²) in [7, 11) is 0. The smallest absolute Gasteiger partial charge is 0.216 e. The zero-order valence-corrected chi connectivity index (χ0v) is 21.1. The number of Topliss-reactive ketones (excluding diaryl/α,β-unsaturated/α-hetero) is 1. The molecule has 3 rings (SSSR count). The Morgan fingerprint density at radius 3 is 2.42 bits per heavy atom. The first-order chi connectivity index (χ1) is 15.7. The average Bonchev–Trinajstić information content (AvgIpc) is 3.16. The summed E-state index contributed by atoms with van der Waals surface area (Å²) in [6, 6.07) is 13.0. The fourth-order valence-electron chi connectivity index (χ4n) is 3.30. The number of nitrogens with zero attached hydrogens (tertiary/aromatic N) is 3. The van der Waals surface area contributed by atoms with E-state index in [0.717, 1.165) is 12.1 Å². The summed E-state index contributed by atoms with van der Waals surface area (Å²) < 4.78 is 1.84. The van der Waals surface area contributed by atoms with Crippen molar-refractivity contribution in [2.45, 2.75) is 38.8 Å². The van der Waals surface area contributed by atoms with Gasteiger partial charge in [-0.1, -0.05) is 73.1 Å². The zero-order valence-electron chi connectivity index (χ0n) is 18.8. The van der Waals surface area contributed by atoms with Crippen LogP contribution in [0.25, 0.3) is 5.69 Å². The van der Waals surface area contributed by atoms with Crippen LogP contribution in [-0.2, 0) is 17.6 Å². The minimum absolute atomic E-state index is 0.0135. The molecule has 0 saturated carbocycles. The summed E-state index contributed by atoms with van der Waals surface area (Å²) in [5, 5.41) is 12.8. The molecule has 0 atom stereocenters. The van der Waals surface area contributed by atoms with Crippen molar-refractivity contribution in [1.82, 2.24) is 20.1 Å². The van der Waals surface area contributed by atoms with Gasteiger partial charge in [0, 0.05) is 25.5 Å². The first-order valence-electron chi connectivity index (χ1n) is 10.6. The van der Waals surface area contributed by atoms with E-state index >= 15 is 0 Å². The van der Waals surface area contributed by atoms with E-state index in [4.69, 9.17) is 23.2 Å². The zero-order chi connectivity index (χ0) is 24.0. The maximum Gasteiger partial charge on any atom is 0.216 e. The number of rotatable bonds is 10. The molecule has 33 heavy (non-hydrogen) atoms. The fraction of sp³-hybridized carbons (Fsp3) is 0.333. The third kappa shape index (κ3) is 7.06. The second kappa shape index (κ2) is 11.7. The van der Waals surface area contributed by atoms with Crippen LogP contribution in [0.3, 0.4) is 0 Å². The molecule has 1 amide bonds. The molecule has 1 heterocycles. The molecular formula is C24H26Cl2N4O2S. The Kier molecular flexibility index (Phi) is 8.95. The second-order valence-electron chi connectivity index (χ2n) is 8.07. The topological polar surface area (TPSA) is 76.9 Å². The first kappa shape index (κ1) is 25.3. The fourth-order valence-corrected chi connectivity index (χ4v) is 4.46. The summed E-state index contributed by atoms with van der Waals surface area (Å²) in [5.41, 5.74) is 2.62. The number of nitrogens with one attached hydrogen (secondary N) is 1. The third-order valence-corrected chi connectivity index (χ3v) is 6.50. The highest BCUT2D eigenvalue weighted by atomic mass is 35.5. The van der Waals surface area contributed by atoms with E-state index in [1.165, 1.54) is 24.2 Å². The van der Waals surface area contributed by atoms with Gasteiger partial charge in [-0.15, -0.1) is 10.2 Å². The summed E-state index contributed by atoms with van der Waals surface area (Å²) in [4.78, 5) is 24.0. The van der Waals surface area contributed by atoms with Crippen molar-refractivity contribution in [3.05, 3.63) is 69.5 Å². The van der Waals surface area contributed by atoms with Gasteiger partial charge in [0.1, 0.15) is 5.82 Å². The predicted octanol–water partition coefficient (Wildman–Crippen LogP) is 5.43. The normalized spacial score (nSPS) is 11.1.